The summed E-state index contributed by atoms with van der Waals surface area (Å²) in [4.78, 5) is 12.2. The molecule has 0 spiro atoms. The van der Waals surface area contributed by atoms with Gasteiger partial charge in [0.2, 0.25) is 0 Å². The molecule has 0 amide bonds. The van der Waals surface area contributed by atoms with Crippen molar-refractivity contribution in [3.8, 4) is 5.75 Å². The summed E-state index contributed by atoms with van der Waals surface area (Å²) >= 11 is 0. The highest BCUT2D eigenvalue weighted by molar-refractivity contribution is 5.98. The van der Waals surface area contributed by atoms with Crippen LogP contribution in [-0.4, -0.2) is 25.0 Å². The number of carbonyl (C=O) groups is 1. The first kappa shape index (κ1) is 15.7. The van der Waals surface area contributed by atoms with E-state index in [2.05, 4.69) is 26.1 Å². The molecule has 0 aliphatic carbocycles. The molecule has 1 rings (SSSR count). The van der Waals surface area contributed by atoms with Gasteiger partial charge in [-0.15, -0.1) is 0 Å². The van der Waals surface area contributed by atoms with Gasteiger partial charge in [-0.3, -0.25) is 4.79 Å². The molecule has 0 bridgehead atoms. The van der Waals surface area contributed by atoms with E-state index in [1.807, 2.05) is 24.3 Å². The molecule has 0 aliphatic heterocycles. The number of rotatable bonds is 9. The summed E-state index contributed by atoms with van der Waals surface area (Å²) in [6, 6.07) is 7.98. The van der Waals surface area contributed by atoms with E-state index in [9.17, 15) is 4.79 Å². The van der Waals surface area contributed by atoms with Crippen molar-refractivity contribution in [1.29, 1.82) is 0 Å². The Morgan fingerprint density at radius 3 is 2.74 bits per heavy atom. The minimum atomic E-state index is 0.164. The van der Waals surface area contributed by atoms with Crippen LogP contribution in [0, 0.1) is 0 Å². The maximum absolute atomic E-state index is 12.2. The number of nitrogens with one attached hydrogen (secondary N) is 1. The van der Waals surface area contributed by atoms with Crippen molar-refractivity contribution >= 4 is 5.78 Å². The van der Waals surface area contributed by atoms with E-state index in [1.54, 1.807) is 0 Å². The molecule has 0 aliphatic rings. The van der Waals surface area contributed by atoms with Gasteiger partial charge in [-0.1, -0.05) is 32.9 Å². The molecule has 3 nitrogen and oxygen atoms in total. The van der Waals surface area contributed by atoms with Crippen LogP contribution in [0.5, 0.6) is 5.75 Å². The smallest absolute Gasteiger partial charge is 0.166 e. The first-order valence-corrected chi connectivity index (χ1v) is 7.13. The number of carbonyl (C=O) groups excluding carboxylic acids is 1. The van der Waals surface area contributed by atoms with Crippen LogP contribution in [0.15, 0.2) is 24.3 Å². The SMILES string of the molecule is CCCOc1ccccc1C(=O)CCCNC(C)C. The summed E-state index contributed by atoms with van der Waals surface area (Å²) in [6.07, 6.45) is 2.37. The van der Waals surface area contributed by atoms with Crippen molar-refractivity contribution in [3.05, 3.63) is 29.8 Å². The van der Waals surface area contributed by atoms with Gasteiger partial charge in [0.25, 0.3) is 0 Å². The fourth-order valence-electron chi connectivity index (χ4n) is 1.81. The predicted octanol–water partition coefficient (Wildman–Crippen LogP) is 3.44. The average Bonchev–Trinajstić information content (AvgIpc) is 2.41. The Hall–Kier alpha value is -1.35. The quantitative estimate of drug-likeness (QED) is 0.548. The summed E-state index contributed by atoms with van der Waals surface area (Å²) in [5.74, 6) is 0.878. The summed E-state index contributed by atoms with van der Waals surface area (Å²) in [7, 11) is 0. The van der Waals surface area contributed by atoms with Gasteiger partial charge in [-0.2, -0.15) is 0 Å². The topological polar surface area (TPSA) is 38.3 Å². The van der Waals surface area contributed by atoms with Crippen molar-refractivity contribution in [2.24, 2.45) is 0 Å². The first-order valence-electron chi connectivity index (χ1n) is 7.13. The van der Waals surface area contributed by atoms with Gasteiger partial charge < -0.3 is 10.1 Å². The molecule has 0 atom stereocenters. The Labute approximate surface area is 116 Å². The third kappa shape index (κ3) is 5.88. The fourth-order valence-corrected chi connectivity index (χ4v) is 1.81. The maximum atomic E-state index is 12.2. The van der Waals surface area contributed by atoms with E-state index in [4.69, 9.17) is 4.74 Å². The minimum Gasteiger partial charge on any atom is -0.493 e. The molecule has 0 saturated heterocycles. The Kier molecular flexibility index (Phi) is 7.19. The average molecular weight is 263 g/mol. The van der Waals surface area contributed by atoms with Gasteiger partial charge in [0.15, 0.2) is 5.78 Å². The molecule has 1 N–H and O–H groups in total. The first-order chi connectivity index (χ1) is 9.15. The number of benzene rings is 1. The second-order valence-corrected chi connectivity index (χ2v) is 4.98. The number of ether oxygens (including phenoxy) is 1. The number of para-hydroxylation sites is 1. The van der Waals surface area contributed by atoms with E-state index >= 15 is 0 Å². The molecule has 0 saturated carbocycles. The number of ketones is 1. The lowest BCUT2D eigenvalue weighted by Gasteiger charge is -2.10. The lowest BCUT2D eigenvalue weighted by Crippen LogP contribution is -2.24. The highest BCUT2D eigenvalue weighted by Crippen LogP contribution is 2.20. The highest BCUT2D eigenvalue weighted by atomic mass is 16.5. The number of hydrogen-bond donors (Lipinski definition) is 1. The molecule has 0 fully saturated rings. The Balaban J connectivity index is 2.51. The monoisotopic (exact) mass is 263 g/mol. The van der Waals surface area contributed by atoms with E-state index in [0.717, 1.165) is 19.4 Å². The second-order valence-electron chi connectivity index (χ2n) is 4.98. The Morgan fingerprint density at radius 1 is 1.32 bits per heavy atom. The van der Waals surface area contributed by atoms with Gasteiger partial charge >= 0.3 is 0 Å². The van der Waals surface area contributed by atoms with Gasteiger partial charge in [-0.05, 0) is 31.5 Å². The zero-order valence-electron chi connectivity index (χ0n) is 12.2. The van der Waals surface area contributed by atoms with Gasteiger partial charge in [-0.25, -0.2) is 0 Å². The van der Waals surface area contributed by atoms with Crippen LogP contribution >= 0.6 is 0 Å². The highest BCUT2D eigenvalue weighted by Gasteiger charge is 2.11. The Morgan fingerprint density at radius 2 is 2.05 bits per heavy atom. The van der Waals surface area contributed by atoms with E-state index in [-0.39, 0.29) is 5.78 Å². The summed E-state index contributed by atoms with van der Waals surface area (Å²) in [5, 5.41) is 3.32. The van der Waals surface area contributed by atoms with Crippen molar-refractivity contribution in [2.75, 3.05) is 13.2 Å². The normalized spacial score (nSPS) is 10.7. The zero-order chi connectivity index (χ0) is 14.1. The molecular formula is C16H25NO2. The third-order valence-corrected chi connectivity index (χ3v) is 2.78. The van der Waals surface area contributed by atoms with Gasteiger partial charge in [0, 0.05) is 12.5 Å². The Bertz CT molecular complexity index is 388. The van der Waals surface area contributed by atoms with Crippen molar-refractivity contribution < 1.29 is 9.53 Å². The molecule has 106 valence electrons. The van der Waals surface area contributed by atoms with Crippen LogP contribution in [-0.2, 0) is 0 Å². The predicted molar refractivity (Wildman–Crippen MR) is 78.9 cm³/mol. The van der Waals surface area contributed by atoms with E-state index in [1.165, 1.54) is 0 Å². The standard InChI is InChI=1S/C16H25NO2/c1-4-12-19-16-10-6-5-8-14(16)15(18)9-7-11-17-13(2)3/h5-6,8,10,13,17H,4,7,9,11-12H2,1-3H3. The summed E-state index contributed by atoms with van der Waals surface area (Å²) in [6.45, 7) is 7.80. The van der Waals surface area contributed by atoms with Crippen molar-refractivity contribution in [3.63, 3.8) is 0 Å². The molecule has 0 unspecified atom stereocenters. The molecule has 0 radical (unpaired) electrons. The van der Waals surface area contributed by atoms with Crippen LogP contribution in [0.25, 0.3) is 0 Å². The van der Waals surface area contributed by atoms with Crippen LogP contribution in [0.4, 0.5) is 0 Å². The van der Waals surface area contributed by atoms with Crippen LogP contribution < -0.4 is 10.1 Å². The van der Waals surface area contributed by atoms with Gasteiger partial charge in [0.1, 0.15) is 5.75 Å². The fraction of sp³-hybridized carbons (Fsp3) is 0.562. The van der Waals surface area contributed by atoms with Crippen molar-refractivity contribution in [1.82, 2.24) is 5.32 Å². The van der Waals surface area contributed by atoms with Crippen LogP contribution in [0.1, 0.15) is 50.4 Å². The minimum absolute atomic E-state index is 0.164. The zero-order valence-corrected chi connectivity index (χ0v) is 12.2. The van der Waals surface area contributed by atoms with Crippen LogP contribution in [0.2, 0.25) is 0 Å². The van der Waals surface area contributed by atoms with Crippen molar-refractivity contribution in [2.45, 2.75) is 46.1 Å². The lowest BCUT2D eigenvalue weighted by molar-refractivity contribution is 0.0975. The lowest BCUT2D eigenvalue weighted by atomic mass is 10.1. The summed E-state index contributed by atoms with van der Waals surface area (Å²) < 4.78 is 5.62. The summed E-state index contributed by atoms with van der Waals surface area (Å²) in [5.41, 5.74) is 0.709. The maximum Gasteiger partial charge on any atom is 0.166 e. The van der Waals surface area contributed by atoms with Crippen LogP contribution in [0.3, 0.4) is 0 Å². The van der Waals surface area contributed by atoms with E-state index < -0.39 is 0 Å². The molecule has 19 heavy (non-hydrogen) atoms. The van der Waals surface area contributed by atoms with E-state index in [0.29, 0.717) is 30.4 Å². The molecule has 1 aromatic carbocycles. The molecular weight excluding hydrogens is 238 g/mol. The molecule has 0 aromatic heterocycles. The third-order valence-electron chi connectivity index (χ3n) is 2.78. The number of hydrogen-bond acceptors (Lipinski definition) is 3. The molecule has 1 aromatic rings. The second kappa shape index (κ2) is 8.70. The molecule has 3 heteroatoms. The number of Topliss-reactive ketones (excluding diaryl/α,β-unsaturated/α-hetero) is 1. The largest absolute Gasteiger partial charge is 0.493 e. The molecule has 0 heterocycles. The van der Waals surface area contributed by atoms with Gasteiger partial charge in [0.05, 0.1) is 12.2 Å².